The summed E-state index contributed by atoms with van der Waals surface area (Å²) in [5.74, 6) is 0.0128. The molecule has 1 rings (SSSR count). The molecule has 3 nitrogen and oxygen atoms in total. The summed E-state index contributed by atoms with van der Waals surface area (Å²) >= 11 is 0. The molecule has 0 heterocycles. The fourth-order valence-corrected chi connectivity index (χ4v) is 1.14. The van der Waals surface area contributed by atoms with Crippen LogP contribution in [0.4, 0.5) is 0 Å². The van der Waals surface area contributed by atoms with Crippen LogP contribution in [0.15, 0.2) is 30.3 Å². The van der Waals surface area contributed by atoms with Crippen molar-refractivity contribution in [2.75, 3.05) is 6.61 Å². The van der Waals surface area contributed by atoms with Gasteiger partial charge in [-0.2, -0.15) is 0 Å². The van der Waals surface area contributed by atoms with E-state index in [4.69, 9.17) is 0 Å². The van der Waals surface area contributed by atoms with Gasteiger partial charge in [-0.1, -0.05) is 30.3 Å². The molecule has 0 N–H and O–H groups in total. The van der Waals surface area contributed by atoms with E-state index < -0.39 is 8.69 Å². The molecular weight excluding hydrogens is 187 g/mol. The molecule has 0 amide bonds. The normalized spacial score (nSPS) is 10.2. The molecule has 1 unspecified atom stereocenters. The van der Waals surface area contributed by atoms with Gasteiger partial charge in [-0.15, -0.1) is 4.52 Å². The van der Waals surface area contributed by atoms with E-state index in [1.54, 1.807) is 12.1 Å². The van der Waals surface area contributed by atoms with Crippen LogP contribution in [-0.2, 0) is 9.09 Å². The lowest BCUT2D eigenvalue weighted by atomic mass is 10.1. The maximum atomic E-state index is 11.3. The van der Waals surface area contributed by atoms with E-state index in [1.165, 1.54) is 0 Å². The van der Waals surface area contributed by atoms with Gasteiger partial charge in [-0.25, -0.2) is 0 Å². The Morgan fingerprint density at radius 1 is 1.31 bits per heavy atom. The molecule has 0 saturated carbocycles. The molecule has 0 aliphatic rings. The Morgan fingerprint density at radius 2 is 2.00 bits per heavy atom. The van der Waals surface area contributed by atoms with Crippen molar-refractivity contribution in [2.45, 2.75) is 6.42 Å². The smallest absolute Gasteiger partial charge is 0.294 e. The fraction of sp³-hybridized carbons (Fsp3) is 0.222. The average Bonchev–Trinajstić information content (AvgIpc) is 2.19. The minimum absolute atomic E-state index is 0.0128. The van der Waals surface area contributed by atoms with Crippen molar-refractivity contribution in [1.29, 1.82) is 0 Å². The summed E-state index contributed by atoms with van der Waals surface area (Å²) in [5, 5.41) is 0. The molecule has 0 radical (unpaired) electrons. The summed E-state index contributed by atoms with van der Waals surface area (Å²) in [6.45, 7) is 0.218. The van der Waals surface area contributed by atoms with Gasteiger partial charge in [0.05, 0.1) is 0 Å². The third-order valence-corrected chi connectivity index (χ3v) is 1.91. The van der Waals surface area contributed by atoms with Crippen LogP contribution in [-0.4, -0.2) is 12.4 Å². The van der Waals surface area contributed by atoms with E-state index in [-0.39, 0.29) is 18.8 Å². The van der Waals surface area contributed by atoms with Crippen molar-refractivity contribution in [2.24, 2.45) is 0 Å². The first-order chi connectivity index (χ1) is 6.34. The second-order valence-electron chi connectivity index (χ2n) is 2.47. The Labute approximate surface area is 78.0 Å². The van der Waals surface area contributed by atoms with E-state index >= 15 is 0 Å². The van der Waals surface area contributed by atoms with Crippen molar-refractivity contribution in [3.63, 3.8) is 0 Å². The summed E-state index contributed by atoms with van der Waals surface area (Å²) in [6, 6.07) is 8.98. The number of benzene rings is 1. The van der Waals surface area contributed by atoms with Gasteiger partial charge in [-0.05, 0) is 4.57 Å². The Bertz CT molecular complexity index is 284. The molecule has 4 heteroatoms. The predicted molar refractivity (Wildman–Crippen MR) is 50.3 cm³/mol. The first kappa shape index (κ1) is 10.0. The number of hydrogen-bond acceptors (Lipinski definition) is 3. The first-order valence-electron chi connectivity index (χ1n) is 3.92. The van der Waals surface area contributed by atoms with Crippen molar-refractivity contribution in [1.82, 2.24) is 0 Å². The maximum absolute atomic E-state index is 11.3. The van der Waals surface area contributed by atoms with Crippen molar-refractivity contribution in [3.05, 3.63) is 35.9 Å². The van der Waals surface area contributed by atoms with Crippen molar-refractivity contribution < 1.29 is 13.9 Å². The van der Waals surface area contributed by atoms with E-state index in [1.807, 2.05) is 18.2 Å². The summed E-state index contributed by atoms with van der Waals surface area (Å²) in [5.41, 5.74) is 0.667. The number of carbonyl (C=O) groups is 1. The van der Waals surface area contributed by atoms with Crippen LogP contribution < -0.4 is 0 Å². The maximum Gasteiger partial charge on any atom is 0.494 e. The molecule has 1 atom stereocenters. The Balaban J connectivity index is 2.45. The van der Waals surface area contributed by atoms with E-state index in [9.17, 15) is 9.36 Å². The minimum atomic E-state index is -0.787. The SMILES string of the molecule is O=[PH+]OCCC(=O)c1ccccc1. The number of Topliss-reactive ketones (excluding diaryl/α,β-unsaturated/α-hetero) is 1. The topological polar surface area (TPSA) is 43.4 Å². The molecule has 0 saturated heterocycles. The van der Waals surface area contributed by atoms with Gasteiger partial charge in [0.2, 0.25) is 0 Å². The van der Waals surface area contributed by atoms with Gasteiger partial charge in [0.25, 0.3) is 0 Å². The van der Waals surface area contributed by atoms with Crippen LogP contribution in [0.3, 0.4) is 0 Å². The van der Waals surface area contributed by atoms with E-state index in [2.05, 4.69) is 4.52 Å². The average molecular weight is 197 g/mol. The lowest BCUT2D eigenvalue weighted by molar-refractivity contribution is 0.0965. The highest BCUT2D eigenvalue weighted by Gasteiger charge is 2.05. The molecule has 0 aromatic heterocycles. The molecule has 13 heavy (non-hydrogen) atoms. The third kappa shape index (κ3) is 3.45. The number of ketones is 1. The van der Waals surface area contributed by atoms with Crippen molar-refractivity contribution >= 4 is 14.5 Å². The van der Waals surface area contributed by atoms with Crippen LogP contribution in [0.5, 0.6) is 0 Å². The predicted octanol–water partition coefficient (Wildman–Crippen LogP) is 2.21. The van der Waals surface area contributed by atoms with Gasteiger partial charge in [0.15, 0.2) is 5.78 Å². The summed E-state index contributed by atoms with van der Waals surface area (Å²) in [7, 11) is -0.787. The molecule has 0 aliphatic heterocycles. The fourth-order valence-electron chi connectivity index (χ4n) is 0.954. The molecule has 0 bridgehead atoms. The summed E-state index contributed by atoms with van der Waals surface area (Å²) in [4.78, 5) is 11.3. The van der Waals surface area contributed by atoms with Crippen LogP contribution in [0.1, 0.15) is 16.8 Å². The second-order valence-corrected chi connectivity index (χ2v) is 2.93. The van der Waals surface area contributed by atoms with Crippen LogP contribution >= 0.6 is 8.69 Å². The quantitative estimate of drug-likeness (QED) is 0.413. The molecule has 68 valence electrons. The zero-order valence-corrected chi connectivity index (χ0v) is 8.03. The zero-order chi connectivity index (χ0) is 9.52. The molecule has 0 spiro atoms. The third-order valence-electron chi connectivity index (χ3n) is 1.59. The van der Waals surface area contributed by atoms with Gasteiger partial charge in [0, 0.05) is 12.0 Å². The molecular formula is C9H10O3P+. The van der Waals surface area contributed by atoms with Gasteiger partial charge < -0.3 is 0 Å². The van der Waals surface area contributed by atoms with Gasteiger partial charge in [0.1, 0.15) is 6.61 Å². The second kappa shape index (κ2) is 5.57. The zero-order valence-electron chi connectivity index (χ0n) is 7.03. The summed E-state index contributed by atoms with van der Waals surface area (Å²) < 4.78 is 14.5. The molecule has 1 aromatic carbocycles. The lowest BCUT2D eigenvalue weighted by Gasteiger charge is -1.96. The van der Waals surface area contributed by atoms with E-state index in [0.29, 0.717) is 5.56 Å². The number of hydrogen-bond donors (Lipinski definition) is 0. The Kier molecular flexibility index (Phi) is 4.30. The number of rotatable bonds is 5. The van der Waals surface area contributed by atoms with Crippen LogP contribution in [0.25, 0.3) is 0 Å². The minimum Gasteiger partial charge on any atom is -0.294 e. The highest BCUT2D eigenvalue weighted by Crippen LogP contribution is 2.04. The van der Waals surface area contributed by atoms with Gasteiger partial charge >= 0.3 is 8.69 Å². The van der Waals surface area contributed by atoms with Crippen LogP contribution in [0, 0.1) is 0 Å². The standard InChI is InChI=1S/C9H10O3P/c10-9(6-7-12-13-11)8-4-2-1-3-5-8/h1-5,13H,6-7H2/q+1. The first-order valence-corrected chi connectivity index (χ1v) is 4.73. The monoisotopic (exact) mass is 197 g/mol. The summed E-state index contributed by atoms with van der Waals surface area (Å²) in [6.07, 6.45) is 0.277. The highest BCUT2D eigenvalue weighted by molar-refractivity contribution is 7.17. The lowest BCUT2D eigenvalue weighted by Crippen LogP contribution is -2.01. The van der Waals surface area contributed by atoms with Gasteiger partial charge in [-0.3, -0.25) is 4.79 Å². The highest BCUT2D eigenvalue weighted by atomic mass is 31.1. The molecule has 1 aromatic rings. The van der Waals surface area contributed by atoms with E-state index in [0.717, 1.165) is 0 Å². The largest absolute Gasteiger partial charge is 0.494 e. The molecule has 0 aliphatic carbocycles. The van der Waals surface area contributed by atoms with Crippen molar-refractivity contribution in [3.8, 4) is 0 Å². The Hall–Kier alpha value is -1.05. The molecule has 0 fully saturated rings. The van der Waals surface area contributed by atoms with Crippen LogP contribution in [0.2, 0.25) is 0 Å². The number of carbonyl (C=O) groups excluding carboxylic acids is 1. The Morgan fingerprint density at radius 3 is 2.62 bits per heavy atom.